The molecule has 0 N–H and O–H groups in total. The fourth-order valence-electron chi connectivity index (χ4n) is 2.43. The Hall–Kier alpha value is -2.29. The van der Waals surface area contributed by atoms with Crippen LogP contribution >= 0.6 is 0 Å². The summed E-state index contributed by atoms with van der Waals surface area (Å²) < 4.78 is 6.35. The minimum absolute atomic E-state index is 0.167. The molecular weight excluding hydrogens is 274 g/mol. The number of carbonyl (C=O) groups excluding carboxylic acids is 1. The van der Waals surface area contributed by atoms with Crippen LogP contribution in [0.4, 0.5) is 5.82 Å². The Balaban J connectivity index is 1.61. The number of aromatic nitrogens is 5. The fourth-order valence-corrected chi connectivity index (χ4v) is 2.43. The highest BCUT2D eigenvalue weighted by atomic mass is 16.5. The zero-order chi connectivity index (χ0) is 14.7. The van der Waals surface area contributed by atoms with Crippen molar-refractivity contribution in [3.8, 4) is 0 Å². The predicted molar refractivity (Wildman–Crippen MR) is 73.9 cm³/mol. The molecule has 9 nitrogen and oxygen atoms in total. The van der Waals surface area contributed by atoms with Gasteiger partial charge in [-0.05, 0) is 10.4 Å². The van der Waals surface area contributed by atoms with E-state index in [1.54, 1.807) is 16.9 Å². The number of esters is 1. The molecule has 2 aromatic rings. The second kappa shape index (κ2) is 6.00. The SMILES string of the molecule is COC(=O)CCN1CCN(c2cncc3nnnn23)CC1. The number of ether oxygens (including phenoxy) is 1. The molecule has 0 aromatic carbocycles. The number of hydrogen-bond acceptors (Lipinski definition) is 8. The van der Waals surface area contributed by atoms with Gasteiger partial charge in [-0.2, -0.15) is 4.52 Å². The number of hydrogen-bond donors (Lipinski definition) is 0. The van der Waals surface area contributed by atoms with Crippen LogP contribution in [0.1, 0.15) is 6.42 Å². The van der Waals surface area contributed by atoms with Crippen LogP contribution in [0.2, 0.25) is 0 Å². The summed E-state index contributed by atoms with van der Waals surface area (Å²) in [6.07, 6.45) is 3.84. The van der Waals surface area contributed by atoms with E-state index in [-0.39, 0.29) is 5.97 Å². The van der Waals surface area contributed by atoms with Gasteiger partial charge < -0.3 is 9.64 Å². The molecular formula is C12H17N7O2. The first-order valence-electron chi connectivity index (χ1n) is 6.84. The van der Waals surface area contributed by atoms with E-state index in [4.69, 9.17) is 0 Å². The zero-order valence-electron chi connectivity index (χ0n) is 11.8. The van der Waals surface area contributed by atoms with Gasteiger partial charge in [0.1, 0.15) is 0 Å². The van der Waals surface area contributed by atoms with Gasteiger partial charge in [0.05, 0.1) is 25.9 Å². The maximum atomic E-state index is 11.2. The van der Waals surface area contributed by atoms with E-state index < -0.39 is 0 Å². The van der Waals surface area contributed by atoms with Gasteiger partial charge in [-0.3, -0.25) is 14.7 Å². The molecule has 3 heterocycles. The van der Waals surface area contributed by atoms with Crippen LogP contribution in [-0.2, 0) is 9.53 Å². The lowest BCUT2D eigenvalue weighted by molar-refractivity contribution is -0.141. The third-order valence-electron chi connectivity index (χ3n) is 3.65. The van der Waals surface area contributed by atoms with Gasteiger partial charge >= 0.3 is 5.97 Å². The van der Waals surface area contributed by atoms with Crippen LogP contribution in [-0.4, -0.2) is 75.7 Å². The van der Waals surface area contributed by atoms with E-state index in [2.05, 4.69) is 35.0 Å². The minimum atomic E-state index is -0.167. The average molecular weight is 291 g/mol. The number of methoxy groups -OCH3 is 1. The molecule has 1 fully saturated rings. The first-order valence-corrected chi connectivity index (χ1v) is 6.84. The van der Waals surface area contributed by atoms with Crippen molar-refractivity contribution in [1.82, 2.24) is 29.9 Å². The second-order valence-electron chi connectivity index (χ2n) is 4.87. The van der Waals surface area contributed by atoms with E-state index >= 15 is 0 Å². The summed E-state index contributed by atoms with van der Waals surface area (Å²) in [6, 6.07) is 0. The number of rotatable bonds is 4. The number of anilines is 1. The largest absolute Gasteiger partial charge is 0.469 e. The van der Waals surface area contributed by atoms with Crippen LogP contribution in [0, 0.1) is 0 Å². The molecule has 1 saturated heterocycles. The fraction of sp³-hybridized carbons (Fsp3) is 0.583. The van der Waals surface area contributed by atoms with Crippen LogP contribution in [0.5, 0.6) is 0 Å². The highest BCUT2D eigenvalue weighted by Gasteiger charge is 2.20. The summed E-state index contributed by atoms with van der Waals surface area (Å²) in [4.78, 5) is 19.8. The maximum Gasteiger partial charge on any atom is 0.306 e. The molecule has 0 aliphatic carbocycles. The summed E-state index contributed by atoms with van der Waals surface area (Å²) in [7, 11) is 1.42. The molecule has 3 rings (SSSR count). The molecule has 0 atom stereocenters. The van der Waals surface area contributed by atoms with Gasteiger partial charge in [-0.15, -0.1) is 5.10 Å². The van der Waals surface area contributed by atoms with Crippen LogP contribution < -0.4 is 4.90 Å². The minimum Gasteiger partial charge on any atom is -0.469 e. The van der Waals surface area contributed by atoms with Crippen molar-refractivity contribution in [3.63, 3.8) is 0 Å². The number of carbonyl (C=O) groups is 1. The molecule has 0 bridgehead atoms. The van der Waals surface area contributed by atoms with E-state index in [1.165, 1.54) is 7.11 Å². The molecule has 2 aromatic heterocycles. The number of piperazine rings is 1. The van der Waals surface area contributed by atoms with E-state index in [1.807, 2.05) is 0 Å². The Bertz CT molecular complexity index is 621. The topological polar surface area (TPSA) is 88.8 Å². The lowest BCUT2D eigenvalue weighted by Crippen LogP contribution is -2.47. The Kier molecular flexibility index (Phi) is 3.91. The van der Waals surface area contributed by atoms with Crippen LogP contribution in [0.3, 0.4) is 0 Å². The highest BCUT2D eigenvalue weighted by Crippen LogP contribution is 2.15. The standard InChI is InChI=1S/C12H17N7O2/c1-21-12(20)2-3-17-4-6-18(7-5-17)11-9-13-8-10-14-15-16-19(10)11/h8-9H,2-7H2,1H3. The van der Waals surface area contributed by atoms with Gasteiger partial charge in [0.15, 0.2) is 11.5 Å². The average Bonchev–Trinajstić information content (AvgIpc) is 3.01. The third-order valence-corrected chi connectivity index (χ3v) is 3.65. The van der Waals surface area contributed by atoms with Gasteiger partial charge in [0.25, 0.3) is 0 Å². The number of nitrogens with zero attached hydrogens (tertiary/aromatic N) is 7. The van der Waals surface area contributed by atoms with Crippen molar-refractivity contribution in [3.05, 3.63) is 12.4 Å². The van der Waals surface area contributed by atoms with E-state index in [9.17, 15) is 4.79 Å². The van der Waals surface area contributed by atoms with Crippen molar-refractivity contribution in [2.24, 2.45) is 0 Å². The molecule has 1 aliphatic heterocycles. The Labute approximate surface area is 121 Å². The molecule has 1 aliphatic rings. The van der Waals surface area contributed by atoms with Crippen LogP contribution in [0.15, 0.2) is 12.4 Å². The highest BCUT2D eigenvalue weighted by molar-refractivity contribution is 5.69. The zero-order valence-corrected chi connectivity index (χ0v) is 11.8. The van der Waals surface area contributed by atoms with Crippen molar-refractivity contribution in [2.75, 3.05) is 44.7 Å². The number of tetrazole rings is 1. The van der Waals surface area contributed by atoms with Crippen LogP contribution in [0.25, 0.3) is 5.65 Å². The maximum absolute atomic E-state index is 11.2. The monoisotopic (exact) mass is 291 g/mol. The molecule has 0 amide bonds. The molecule has 21 heavy (non-hydrogen) atoms. The number of fused-ring (bicyclic) bond motifs is 1. The summed E-state index contributed by atoms with van der Waals surface area (Å²) in [6.45, 7) is 4.20. The van der Waals surface area contributed by atoms with Crippen molar-refractivity contribution in [1.29, 1.82) is 0 Å². The first-order chi connectivity index (χ1) is 10.3. The van der Waals surface area contributed by atoms with Crippen molar-refractivity contribution in [2.45, 2.75) is 6.42 Å². The van der Waals surface area contributed by atoms with Crippen molar-refractivity contribution >= 4 is 17.4 Å². The molecule has 9 heteroatoms. The lowest BCUT2D eigenvalue weighted by Gasteiger charge is -2.35. The van der Waals surface area contributed by atoms with Gasteiger partial charge in [-0.1, -0.05) is 0 Å². The smallest absolute Gasteiger partial charge is 0.306 e. The Morgan fingerprint density at radius 1 is 1.29 bits per heavy atom. The molecule has 0 unspecified atom stereocenters. The quantitative estimate of drug-likeness (QED) is 0.677. The molecule has 112 valence electrons. The lowest BCUT2D eigenvalue weighted by atomic mass is 10.3. The summed E-state index contributed by atoms with van der Waals surface area (Å²) in [5.41, 5.74) is 0.639. The third kappa shape index (κ3) is 2.92. The summed E-state index contributed by atoms with van der Waals surface area (Å²) in [5, 5.41) is 11.5. The summed E-state index contributed by atoms with van der Waals surface area (Å²) >= 11 is 0. The van der Waals surface area contributed by atoms with E-state index in [0.29, 0.717) is 12.1 Å². The molecule has 0 saturated carbocycles. The van der Waals surface area contributed by atoms with Gasteiger partial charge in [0.2, 0.25) is 0 Å². The molecule has 0 spiro atoms. The Morgan fingerprint density at radius 2 is 2.10 bits per heavy atom. The first kappa shape index (κ1) is 13.7. The Morgan fingerprint density at radius 3 is 2.86 bits per heavy atom. The second-order valence-corrected chi connectivity index (χ2v) is 4.87. The summed E-state index contributed by atoms with van der Waals surface area (Å²) in [5.74, 6) is 0.727. The predicted octanol–water partition coefficient (Wildman–Crippen LogP) is -0.796. The van der Waals surface area contributed by atoms with Gasteiger partial charge in [0, 0.05) is 32.7 Å². The van der Waals surface area contributed by atoms with Crippen molar-refractivity contribution < 1.29 is 9.53 Å². The molecule has 0 radical (unpaired) electrons. The van der Waals surface area contributed by atoms with E-state index in [0.717, 1.165) is 38.5 Å². The van der Waals surface area contributed by atoms with Gasteiger partial charge in [-0.25, -0.2) is 0 Å². The normalized spacial score (nSPS) is 16.3.